The van der Waals surface area contributed by atoms with E-state index in [1.807, 2.05) is 12.1 Å². The molecular weight excluding hydrogens is 246 g/mol. The highest BCUT2D eigenvalue weighted by Gasteiger charge is 2.26. The van der Waals surface area contributed by atoms with Crippen LogP contribution in [0.5, 0.6) is 0 Å². The Morgan fingerprint density at radius 2 is 2.28 bits per heavy atom. The monoisotopic (exact) mass is 263 g/mol. The van der Waals surface area contributed by atoms with E-state index in [9.17, 15) is 5.26 Å². The molecule has 2 rings (SSSR count). The summed E-state index contributed by atoms with van der Waals surface area (Å²) in [6.07, 6.45) is 2.27. The van der Waals surface area contributed by atoms with Gasteiger partial charge in [0.1, 0.15) is 6.07 Å². The largest absolute Gasteiger partial charge is 0.367 e. The van der Waals surface area contributed by atoms with Gasteiger partial charge in [-0.2, -0.15) is 5.26 Å². The molecular formula is C14H18ClN3. The lowest BCUT2D eigenvalue weighted by atomic mass is 9.92. The molecule has 0 bridgehead atoms. The van der Waals surface area contributed by atoms with Crippen molar-refractivity contribution >= 4 is 17.3 Å². The van der Waals surface area contributed by atoms with Crippen molar-refractivity contribution in [3.05, 3.63) is 28.8 Å². The molecule has 3 nitrogen and oxygen atoms in total. The fourth-order valence-electron chi connectivity index (χ4n) is 2.57. The van der Waals surface area contributed by atoms with E-state index in [1.165, 1.54) is 0 Å². The highest BCUT2D eigenvalue weighted by Crippen LogP contribution is 2.32. The summed E-state index contributed by atoms with van der Waals surface area (Å²) < 4.78 is 0. The zero-order valence-electron chi connectivity index (χ0n) is 10.6. The molecule has 1 aliphatic heterocycles. The Bertz CT molecular complexity index is 467. The van der Waals surface area contributed by atoms with Crippen LogP contribution in [0.25, 0.3) is 0 Å². The molecule has 1 aliphatic rings. The van der Waals surface area contributed by atoms with Gasteiger partial charge >= 0.3 is 0 Å². The molecule has 0 amide bonds. The maximum Gasteiger partial charge on any atom is 0.103 e. The summed E-state index contributed by atoms with van der Waals surface area (Å²) in [5.74, 6) is 0.506. The van der Waals surface area contributed by atoms with E-state index in [-0.39, 0.29) is 0 Å². The quantitative estimate of drug-likeness (QED) is 0.893. The minimum absolute atomic E-state index is 0.429. The second-order valence-corrected chi connectivity index (χ2v) is 5.33. The Hall–Kier alpha value is -1.24. The number of piperidine rings is 1. The molecule has 1 fully saturated rings. The lowest BCUT2D eigenvalue weighted by molar-refractivity contribution is 0.374. The van der Waals surface area contributed by atoms with Crippen LogP contribution in [0.4, 0.5) is 5.69 Å². The Morgan fingerprint density at radius 3 is 2.94 bits per heavy atom. The molecule has 1 aromatic carbocycles. The normalized spacial score (nSPS) is 23.8. The van der Waals surface area contributed by atoms with Crippen molar-refractivity contribution in [3.8, 4) is 6.07 Å². The van der Waals surface area contributed by atoms with Crippen LogP contribution in [-0.4, -0.2) is 19.1 Å². The zero-order chi connectivity index (χ0) is 13.1. The van der Waals surface area contributed by atoms with Gasteiger partial charge in [0.05, 0.1) is 16.3 Å². The first-order valence-electron chi connectivity index (χ1n) is 6.32. The van der Waals surface area contributed by atoms with E-state index in [4.69, 9.17) is 17.3 Å². The zero-order valence-corrected chi connectivity index (χ0v) is 11.3. The number of anilines is 1. The van der Waals surface area contributed by atoms with E-state index >= 15 is 0 Å². The van der Waals surface area contributed by atoms with E-state index in [0.29, 0.717) is 29.1 Å². The minimum Gasteiger partial charge on any atom is -0.367 e. The lowest BCUT2D eigenvalue weighted by Crippen LogP contribution is -2.44. The summed E-state index contributed by atoms with van der Waals surface area (Å²) in [7, 11) is 0. The van der Waals surface area contributed by atoms with Gasteiger partial charge in [-0.15, -0.1) is 0 Å². The fourth-order valence-corrected chi connectivity index (χ4v) is 2.78. The number of nitriles is 1. The average Bonchev–Trinajstić information content (AvgIpc) is 2.39. The number of nitrogens with zero attached hydrogens (tertiary/aromatic N) is 2. The predicted octanol–water partition coefficient (Wildman–Crippen LogP) is 2.78. The molecule has 18 heavy (non-hydrogen) atoms. The lowest BCUT2D eigenvalue weighted by Gasteiger charge is -2.39. The molecule has 0 aliphatic carbocycles. The molecule has 0 radical (unpaired) electrons. The standard InChI is InChI=1S/C14H18ClN3/c1-10-5-6-11(7-16)9-18(10)14-4-2-3-13(15)12(14)8-17/h2-4,10-11H,5-7,9,16H2,1H3. The van der Waals surface area contributed by atoms with Gasteiger partial charge in [-0.25, -0.2) is 0 Å². The Kier molecular flexibility index (Phi) is 4.11. The van der Waals surface area contributed by atoms with Crippen LogP contribution in [0.15, 0.2) is 18.2 Å². The van der Waals surface area contributed by atoms with Crippen LogP contribution in [0.2, 0.25) is 5.02 Å². The van der Waals surface area contributed by atoms with E-state index in [2.05, 4.69) is 17.9 Å². The molecule has 4 heteroatoms. The Morgan fingerprint density at radius 1 is 1.50 bits per heavy atom. The van der Waals surface area contributed by atoms with Gasteiger partial charge in [-0.1, -0.05) is 17.7 Å². The van der Waals surface area contributed by atoms with Gasteiger partial charge < -0.3 is 10.6 Å². The van der Waals surface area contributed by atoms with Crippen LogP contribution in [0.1, 0.15) is 25.3 Å². The number of hydrogen-bond acceptors (Lipinski definition) is 3. The van der Waals surface area contributed by atoms with E-state index in [1.54, 1.807) is 6.07 Å². The average molecular weight is 264 g/mol. The van der Waals surface area contributed by atoms with Crippen molar-refractivity contribution in [2.75, 3.05) is 18.0 Å². The third kappa shape index (κ3) is 2.45. The van der Waals surface area contributed by atoms with E-state index < -0.39 is 0 Å². The minimum atomic E-state index is 0.429. The first kappa shape index (κ1) is 13.2. The molecule has 2 unspecified atom stereocenters. The summed E-state index contributed by atoms with van der Waals surface area (Å²) in [5.41, 5.74) is 7.28. The second kappa shape index (κ2) is 5.60. The Balaban J connectivity index is 2.35. The summed E-state index contributed by atoms with van der Waals surface area (Å²) in [5, 5.41) is 9.78. The molecule has 1 heterocycles. The van der Waals surface area contributed by atoms with Crippen LogP contribution in [-0.2, 0) is 0 Å². The summed E-state index contributed by atoms with van der Waals surface area (Å²) in [6.45, 7) is 3.80. The van der Waals surface area contributed by atoms with Crippen molar-refractivity contribution in [2.45, 2.75) is 25.8 Å². The van der Waals surface area contributed by atoms with E-state index in [0.717, 1.165) is 25.1 Å². The second-order valence-electron chi connectivity index (χ2n) is 4.93. The Labute approximate surface area is 113 Å². The molecule has 1 aromatic rings. The summed E-state index contributed by atoms with van der Waals surface area (Å²) in [6, 6.07) is 8.27. The predicted molar refractivity (Wildman–Crippen MR) is 74.8 cm³/mol. The number of halogens is 1. The van der Waals surface area contributed by atoms with Crippen LogP contribution < -0.4 is 10.6 Å². The smallest absolute Gasteiger partial charge is 0.103 e. The van der Waals surface area contributed by atoms with Crippen LogP contribution in [0.3, 0.4) is 0 Å². The molecule has 96 valence electrons. The number of hydrogen-bond donors (Lipinski definition) is 1. The van der Waals surface area contributed by atoms with Crippen molar-refractivity contribution in [1.82, 2.24) is 0 Å². The number of benzene rings is 1. The number of rotatable bonds is 2. The first-order chi connectivity index (χ1) is 8.67. The van der Waals surface area contributed by atoms with Gasteiger partial charge in [0.15, 0.2) is 0 Å². The van der Waals surface area contributed by atoms with Gasteiger partial charge in [0.2, 0.25) is 0 Å². The number of nitrogens with two attached hydrogens (primary N) is 1. The first-order valence-corrected chi connectivity index (χ1v) is 6.70. The van der Waals surface area contributed by atoms with Crippen molar-refractivity contribution in [2.24, 2.45) is 11.7 Å². The molecule has 1 saturated heterocycles. The molecule has 0 saturated carbocycles. The van der Waals surface area contributed by atoms with Crippen molar-refractivity contribution in [1.29, 1.82) is 5.26 Å². The molecule has 0 spiro atoms. The molecule has 0 aromatic heterocycles. The molecule has 2 atom stereocenters. The SMILES string of the molecule is CC1CCC(CN)CN1c1cccc(Cl)c1C#N. The van der Waals surface area contributed by atoms with Gasteiger partial charge in [0.25, 0.3) is 0 Å². The third-order valence-corrected chi connectivity index (χ3v) is 4.04. The van der Waals surface area contributed by atoms with Crippen molar-refractivity contribution < 1.29 is 0 Å². The van der Waals surface area contributed by atoms with Crippen LogP contribution >= 0.6 is 11.6 Å². The maximum absolute atomic E-state index is 9.25. The van der Waals surface area contributed by atoms with Crippen LogP contribution in [0, 0.1) is 17.2 Å². The maximum atomic E-state index is 9.25. The van der Waals surface area contributed by atoms with Crippen molar-refractivity contribution in [3.63, 3.8) is 0 Å². The highest BCUT2D eigenvalue weighted by atomic mass is 35.5. The highest BCUT2D eigenvalue weighted by molar-refractivity contribution is 6.32. The van der Waals surface area contributed by atoms with Gasteiger partial charge in [0, 0.05) is 12.6 Å². The molecule has 2 N–H and O–H groups in total. The summed E-state index contributed by atoms with van der Waals surface area (Å²) >= 11 is 6.09. The third-order valence-electron chi connectivity index (χ3n) is 3.73. The topological polar surface area (TPSA) is 53.0 Å². The fraction of sp³-hybridized carbons (Fsp3) is 0.500. The van der Waals surface area contributed by atoms with Gasteiger partial charge in [-0.3, -0.25) is 0 Å². The van der Waals surface area contributed by atoms with Gasteiger partial charge in [-0.05, 0) is 44.4 Å². The summed E-state index contributed by atoms with van der Waals surface area (Å²) in [4.78, 5) is 2.27.